The van der Waals surface area contributed by atoms with E-state index in [2.05, 4.69) is 10.3 Å². The quantitative estimate of drug-likeness (QED) is 0.941. The Kier molecular flexibility index (Phi) is 4.31. The molecule has 0 aliphatic carbocycles. The van der Waals surface area contributed by atoms with Gasteiger partial charge in [-0.1, -0.05) is 0 Å². The first-order valence-corrected chi connectivity index (χ1v) is 6.65. The molecule has 3 nitrogen and oxygen atoms in total. The van der Waals surface area contributed by atoms with Gasteiger partial charge in [0.05, 0.1) is 11.3 Å². The van der Waals surface area contributed by atoms with E-state index in [9.17, 15) is 13.6 Å². The van der Waals surface area contributed by atoms with Gasteiger partial charge in [0.1, 0.15) is 0 Å². The summed E-state index contributed by atoms with van der Waals surface area (Å²) >= 11 is 0. The number of aryl methyl sites for hydroxylation is 2. The van der Waals surface area contributed by atoms with Gasteiger partial charge in [-0.3, -0.25) is 9.78 Å². The number of nitrogens with zero attached hydrogens (tertiary/aromatic N) is 1. The lowest BCUT2D eigenvalue weighted by Crippen LogP contribution is -2.24. The van der Waals surface area contributed by atoms with Crippen LogP contribution in [0.5, 0.6) is 0 Å². The van der Waals surface area contributed by atoms with Gasteiger partial charge >= 0.3 is 0 Å². The topological polar surface area (TPSA) is 42.0 Å². The molecule has 1 amide bonds. The van der Waals surface area contributed by atoms with E-state index in [4.69, 9.17) is 0 Å². The molecule has 110 valence electrons. The number of benzene rings is 1. The number of amides is 1. The fourth-order valence-corrected chi connectivity index (χ4v) is 1.95. The highest BCUT2D eigenvalue weighted by atomic mass is 19.2. The van der Waals surface area contributed by atoms with Crippen molar-refractivity contribution in [3.8, 4) is 11.3 Å². The summed E-state index contributed by atoms with van der Waals surface area (Å²) in [4.78, 5) is 15.7. The first-order chi connectivity index (χ1) is 9.95. The van der Waals surface area contributed by atoms with E-state index in [1.54, 1.807) is 19.2 Å². The van der Waals surface area contributed by atoms with Crippen LogP contribution in [0.2, 0.25) is 0 Å². The summed E-state index contributed by atoms with van der Waals surface area (Å²) in [6, 6.07) is 4.34. The summed E-state index contributed by atoms with van der Waals surface area (Å²) in [5.74, 6) is -2.85. The monoisotopic (exact) mass is 290 g/mol. The van der Waals surface area contributed by atoms with Crippen LogP contribution in [0.15, 0.2) is 24.4 Å². The molecule has 0 saturated carbocycles. The molecule has 2 aromatic rings. The van der Waals surface area contributed by atoms with Crippen molar-refractivity contribution in [1.82, 2.24) is 10.3 Å². The van der Waals surface area contributed by atoms with E-state index in [0.29, 0.717) is 12.2 Å². The molecule has 0 unspecified atom stereocenters. The molecule has 0 fully saturated rings. The Hall–Kier alpha value is -2.30. The van der Waals surface area contributed by atoms with Crippen molar-refractivity contribution in [2.24, 2.45) is 0 Å². The number of carbonyl (C=O) groups is 1. The zero-order valence-electron chi connectivity index (χ0n) is 12.1. The highest BCUT2D eigenvalue weighted by Crippen LogP contribution is 2.26. The zero-order chi connectivity index (χ0) is 15.6. The fourth-order valence-electron chi connectivity index (χ4n) is 1.95. The number of rotatable bonds is 3. The first kappa shape index (κ1) is 15.1. The second kappa shape index (κ2) is 5.99. The molecular formula is C16H16F2N2O. The molecule has 0 saturated heterocycles. The number of pyridine rings is 1. The van der Waals surface area contributed by atoms with Crippen LogP contribution >= 0.6 is 0 Å². The van der Waals surface area contributed by atoms with Gasteiger partial charge in [-0.05, 0) is 50.1 Å². The molecule has 5 heteroatoms. The number of hydrogen-bond acceptors (Lipinski definition) is 2. The average molecular weight is 290 g/mol. The van der Waals surface area contributed by atoms with E-state index < -0.39 is 17.5 Å². The minimum atomic E-state index is -1.15. The minimum absolute atomic E-state index is 0.0450. The number of hydrogen-bond donors (Lipinski definition) is 1. The second-order valence-electron chi connectivity index (χ2n) is 4.80. The standard InChI is InChI=1S/C16H16F2N2O/c1-4-19-16(21)12-6-5-11(14(17)15(12)18)13-7-9(2)10(3)8-20-13/h5-8H,4H2,1-3H3,(H,19,21). The van der Waals surface area contributed by atoms with E-state index in [1.165, 1.54) is 12.1 Å². The van der Waals surface area contributed by atoms with Crippen LogP contribution in [0.4, 0.5) is 8.78 Å². The van der Waals surface area contributed by atoms with Gasteiger partial charge < -0.3 is 5.32 Å². The summed E-state index contributed by atoms with van der Waals surface area (Å²) < 4.78 is 28.2. The van der Waals surface area contributed by atoms with Crippen molar-refractivity contribution in [1.29, 1.82) is 0 Å². The molecule has 1 N–H and O–H groups in total. The van der Waals surface area contributed by atoms with Crippen LogP contribution < -0.4 is 5.32 Å². The van der Waals surface area contributed by atoms with Crippen molar-refractivity contribution in [3.63, 3.8) is 0 Å². The zero-order valence-corrected chi connectivity index (χ0v) is 12.1. The lowest BCUT2D eigenvalue weighted by molar-refractivity contribution is 0.0951. The van der Waals surface area contributed by atoms with Crippen molar-refractivity contribution in [2.75, 3.05) is 6.54 Å². The molecule has 0 bridgehead atoms. The van der Waals surface area contributed by atoms with Gasteiger partial charge in [0.25, 0.3) is 5.91 Å². The molecule has 0 spiro atoms. The van der Waals surface area contributed by atoms with Crippen LogP contribution in [0.25, 0.3) is 11.3 Å². The summed E-state index contributed by atoms with van der Waals surface area (Å²) in [5.41, 5.74) is 1.99. The summed E-state index contributed by atoms with van der Waals surface area (Å²) in [5, 5.41) is 2.44. The third-order valence-corrected chi connectivity index (χ3v) is 3.31. The van der Waals surface area contributed by atoms with Gasteiger partial charge in [-0.2, -0.15) is 0 Å². The highest BCUT2D eigenvalue weighted by Gasteiger charge is 2.19. The SMILES string of the molecule is CCNC(=O)c1ccc(-c2cc(C)c(C)cn2)c(F)c1F. The van der Waals surface area contributed by atoms with E-state index in [1.807, 2.05) is 13.8 Å². The smallest absolute Gasteiger partial charge is 0.254 e. The van der Waals surface area contributed by atoms with Gasteiger partial charge in [-0.15, -0.1) is 0 Å². The third kappa shape index (κ3) is 2.91. The number of halogens is 2. The molecule has 1 aromatic heterocycles. The molecule has 1 aromatic carbocycles. The Morgan fingerprint density at radius 3 is 2.52 bits per heavy atom. The minimum Gasteiger partial charge on any atom is -0.352 e. The summed E-state index contributed by atoms with van der Waals surface area (Å²) in [6.07, 6.45) is 1.61. The molecule has 0 atom stereocenters. The van der Waals surface area contributed by atoms with Gasteiger partial charge in [0.15, 0.2) is 11.6 Å². The number of aromatic nitrogens is 1. The van der Waals surface area contributed by atoms with Crippen LogP contribution in [-0.4, -0.2) is 17.4 Å². The molecule has 2 rings (SSSR count). The first-order valence-electron chi connectivity index (χ1n) is 6.65. The molecule has 0 radical (unpaired) electrons. The van der Waals surface area contributed by atoms with Crippen LogP contribution in [-0.2, 0) is 0 Å². The van der Waals surface area contributed by atoms with Crippen molar-refractivity contribution >= 4 is 5.91 Å². The molecular weight excluding hydrogens is 274 g/mol. The van der Waals surface area contributed by atoms with Crippen LogP contribution in [0, 0.1) is 25.5 Å². The maximum absolute atomic E-state index is 14.2. The Bertz CT molecular complexity index is 699. The molecule has 0 aliphatic heterocycles. The van der Waals surface area contributed by atoms with Gasteiger partial charge in [0, 0.05) is 18.3 Å². The summed E-state index contributed by atoms with van der Waals surface area (Å²) in [6.45, 7) is 5.82. The largest absolute Gasteiger partial charge is 0.352 e. The van der Waals surface area contributed by atoms with Crippen molar-refractivity contribution in [2.45, 2.75) is 20.8 Å². The second-order valence-corrected chi connectivity index (χ2v) is 4.80. The Morgan fingerprint density at radius 1 is 1.19 bits per heavy atom. The normalized spacial score (nSPS) is 10.5. The predicted octanol–water partition coefficient (Wildman–Crippen LogP) is 3.39. The van der Waals surface area contributed by atoms with Crippen molar-refractivity contribution < 1.29 is 13.6 Å². The Labute approximate surface area is 122 Å². The van der Waals surface area contributed by atoms with Gasteiger partial charge in [0.2, 0.25) is 0 Å². The van der Waals surface area contributed by atoms with E-state index >= 15 is 0 Å². The summed E-state index contributed by atoms with van der Waals surface area (Å²) in [7, 11) is 0. The van der Waals surface area contributed by atoms with Crippen molar-refractivity contribution in [3.05, 3.63) is 52.7 Å². The number of carbonyl (C=O) groups excluding carboxylic acids is 1. The number of nitrogens with one attached hydrogen (secondary N) is 1. The third-order valence-electron chi connectivity index (χ3n) is 3.31. The van der Waals surface area contributed by atoms with E-state index in [-0.39, 0.29) is 11.1 Å². The fraction of sp³-hybridized carbons (Fsp3) is 0.250. The van der Waals surface area contributed by atoms with Gasteiger partial charge in [-0.25, -0.2) is 8.78 Å². The highest BCUT2D eigenvalue weighted by molar-refractivity contribution is 5.95. The Morgan fingerprint density at radius 2 is 1.90 bits per heavy atom. The average Bonchev–Trinajstić information content (AvgIpc) is 2.45. The molecule has 0 aliphatic rings. The predicted molar refractivity (Wildman–Crippen MR) is 77.1 cm³/mol. The van der Waals surface area contributed by atoms with E-state index in [0.717, 1.165) is 11.1 Å². The maximum Gasteiger partial charge on any atom is 0.254 e. The lowest BCUT2D eigenvalue weighted by atomic mass is 10.0. The molecule has 21 heavy (non-hydrogen) atoms. The molecule has 1 heterocycles. The maximum atomic E-state index is 14.2. The Balaban J connectivity index is 2.50. The van der Waals surface area contributed by atoms with Crippen LogP contribution in [0.1, 0.15) is 28.4 Å². The lowest BCUT2D eigenvalue weighted by Gasteiger charge is -2.09. The van der Waals surface area contributed by atoms with Crippen LogP contribution in [0.3, 0.4) is 0 Å².